The Morgan fingerprint density at radius 1 is 1.55 bits per heavy atom. The van der Waals surface area contributed by atoms with Gasteiger partial charge in [0.2, 0.25) is 0 Å². The van der Waals surface area contributed by atoms with E-state index in [9.17, 15) is 20.0 Å². The van der Waals surface area contributed by atoms with Crippen molar-refractivity contribution in [3.63, 3.8) is 0 Å². The number of pyridine rings is 1. The number of rotatable bonds is 4. The molecule has 0 spiro atoms. The van der Waals surface area contributed by atoms with Gasteiger partial charge in [0.05, 0.1) is 4.92 Å². The molecule has 108 valence electrons. The summed E-state index contributed by atoms with van der Waals surface area (Å²) in [6, 6.07) is 1.16. The van der Waals surface area contributed by atoms with Crippen molar-refractivity contribution < 1.29 is 19.6 Å². The molecule has 1 aliphatic rings. The van der Waals surface area contributed by atoms with Crippen molar-refractivity contribution >= 4 is 17.5 Å². The van der Waals surface area contributed by atoms with Crippen molar-refractivity contribution in [3.05, 3.63) is 27.9 Å². The van der Waals surface area contributed by atoms with E-state index in [0.29, 0.717) is 13.2 Å². The van der Waals surface area contributed by atoms with Crippen LogP contribution in [0.4, 0.5) is 11.5 Å². The highest BCUT2D eigenvalue weighted by atomic mass is 16.6. The SMILES string of the molecule is CN(c1ncc([N+](=O)[O-])cc1C(=O)O)C1CCOCC1. The van der Waals surface area contributed by atoms with Crippen molar-refractivity contribution in [3.8, 4) is 0 Å². The summed E-state index contributed by atoms with van der Waals surface area (Å²) < 4.78 is 5.26. The topological polar surface area (TPSA) is 106 Å². The van der Waals surface area contributed by atoms with Crippen LogP contribution in [0.15, 0.2) is 12.3 Å². The molecule has 1 aromatic rings. The standard InChI is InChI=1S/C12H15N3O5/c1-14(8-2-4-20-5-3-8)11-10(12(16)17)6-9(7-13-11)15(18)19/h6-8H,2-5H2,1H3,(H,16,17). The van der Waals surface area contributed by atoms with Gasteiger partial charge in [-0.2, -0.15) is 0 Å². The lowest BCUT2D eigenvalue weighted by molar-refractivity contribution is -0.385. The Bertz CT molecular complexity index is 528. The summed E-state index contributed by atoms with van der Waals surface area (Å²) >= 11 is 0. The first-order valence-electron chi connectivity index (χ1n) is 6.19. The van der Waals surface area contributed by atoms with E-state index in [1.54, 1.807) is 11.9 Å². The molecule has 1 N–H and O–H groups in total. The fraction of sp³-hybridized carbons (Fsp3) is 0.500. The summed E-state index contributed by atoms with van der Waals surface area (Å²) in [6.45, 7) is 1.23. The monoisotopic (exact) mass is 281 g/mol. The van der Waals surface area contributed by atoms with Gasteiger partial charge in [0.15, 0.2) is 0 Å². The maximum absolute atomic E-state index is 11.3. The minimum atomic E-state index is -1.23. The molecule has 8 nitrogen and oxygen atoms in total. The van der Waals surface area contributed by atoms with Gasteiger partial charge in [-0.3, -0.25) is 10.1 Å². The van der Waals surface area contributed by atoms with Crippen LogP contribution < -0.4 is 4.90 Å². The molecular formula is C12H15N3O5. The molecule has 0 amide bonds. The second kappa shape index (κ2) is 5.83. The molecule has 1 saturated heterocycles. The highest BCUT2D eigenvalue weighted by molar-refractivity contribution is 5.94. The maximum Gasteiger partial charge on any atom is 0.339 e. The van der Waals surface area contributed by atoms with E-state index >= 15 is 0 Å². The van der Waals surface area contributed by atoms with Crippen LogP contribution in [0, 0.1) is 10.1 Å². The third kappa shape index (κ3) is 2.85. The normalized spacial score (nSPS) is 15.8. The molecule has 1 aromatic heterocycles. The van der Waals surface area contributed by atoms with Crippen molar-refractivity contribution in [1.82, 2.24) is 4.98 Å². The number of carboxylic acids is 1. The Labute approximate surface area is 115 Å². The lowest BCUT2D eigenvalue weighted by Crippen LogP contribution is -2.38. The highest BCUT2D eigenvalue weighted by Gasteiger charge is 2.25. The summed E-state index contributed by atoms with van der Waals surface area (Å²) in [4.78, 5) is 27.0. The molecule has 20 heavy (non-hydrogen) atoms. The third-order valence-corrected chi connectivity index (χ3v) is 3.37. The minimum absolute atomic E-state index is 0.121. The lowest BCUT2D eigenvalue weighted by atomic mass is 10.1. The Morgan fingerprint density at radius 2 is 2.20 bits per heavy atom. The van der Waals surface area contributed by atoms with E-state index in [0.717, 1.165) is 25.1 Å². The fourth-order valence-electron chi connectivity index (χ4n) is 2.23. The van der Waals surface area contributed by atoms with Gasteiger partial charge in [0, 0.05) is 32.4 Å². The molecule has 0 bridgehead atoms. The molecule has 1 fully saturated rings. The molecule has 2 rings (SSSR count). The molecule has 0 atom stereocenters. The van der Waals surface area contributed by atoms with Gasteiger partial charge in [0.1, 0.15) is 17.6 Å². The molecular weight excluding hydrogens is 266 g/mol. The van der Waals surface area contributed by atoms with Gasteiger partial charge in [0.25, 0.3) is 5.69 Å². The van der Waals surface area contributed by atoms with Crippen LogP contribution in [-0.2, 0) is 4.74 Å². The largest absolute Gasteiger partial charge is 0.478 e. The fourth-order valence-corrected chi connectivity index (χ4v) is 2.23. The van der Waals surface area contributed by atoms with Gasteiger partial charge in [-0.1, -0.05) is 0 Å². The van der Waals surface area contributed by atoms with Gasteiger partial charge < -0.3 is 14.7 Å². The van der Waals surface area contributed by atoms with E-state index in [1.807, 2.05) is 0 Å². The Kier molecular flexibility index (Phi) is 4.14. The molecule has 8 heteroatoms. The minimum Gasteiger partial charge on any atom is -0.478 e. The van der Waals surface area contributed by atoms with Crippen LogP contribution in [0.3, 0.4) is 0 Å². The quantitative estimate of drug-likeness (QED) is 0.654. The average molecular weight is 281 g/mol. The number of aromatic carboxylic acids is 1. The number of carboxylic acid groups (broad SMARTS) is 1. The maximum atomic E-state index is 11.3. The molecule has 0 radical (unpaired) electrons. The van der Waals surface area contributed by atoms with Crippen LogP contribution in [0.1, 0.15) is 23.2 Å². The number of aromatic nitrogens is 1. The molecule has 0 aliphatic carbocycles. The van der Waals surface area contributed by atoms with Crippen LogP contribution in [0.25, 0.3) is 0 Å². The van der Waals surface area contributed by atoms with E-state index < -0.39 is 10.9 Å². The summed E-state index contributed by atoms with van der Waals surface area (Å²) in [5.74, 6) is -0.981. The van der Waals surface area contributed by atoms with E-state index in [2.05, 4.69) is 4.98 Å². The van der Waals surface area contributed by atoms with Gasteiger partial charge in [-0.25, -0.2) is 9.78 Å². The van der Waals surface area contributed by atoms with Crippen LogP contribution >= 0.6 is 0 Å². The van der Waals surface area contributed by atoms with Crippen molar-refractivity contribution in [2.24, 2.45) is 0 Å². The number of ether oxygens (including phenoxy) is 1. The molecule has 2 heterocycles. The number of anilines is 1. The number of carbonyl (C=O) groups is 1. The van der Waals surface area contributed by atoms with Crippen molar-refractivity contribution in [2.75, 3.05) is 25.2 Å². The smallest absolute Gasteiger partial charge is 0.339 e. The number of hydrogen-bond acceptors (Lipinski definition) is 6. The molecule has 0 aromatic carbocycles. The van der Waals surface area contributed by atoms with Gasteiger partial charge >= 0.3 is 5.97 Å². The number of hydrogen-bond donors (Lipinski definition) is 1. The summed E-state index contributed by atoms with van der Waals surface area (Å²) in [7, 11) is 1.75. The Balaban J connectivity index is 2.34. The first-order valence-corrected chi connectivity index (χ1v) is 6.19. The van der Waals surface area contributed by atoms with Crippen LogP contribution in [0.2, 0.25) is 0 Å². The van der Waals surface area contributed by atoms with E-state index in [1.165, 1.54) is 0 Å². The summed E-state index contributed by atoms with van der Waals surface area (Å²) in [5.41, 5.74) is -0.486. The first kappa shape index (κ1) is 14.2. The van der Waals surface area contributed by atoms with Crippen molar-refractivity contribution in [1.29, 1.82) is 0 Å². The first-order chi connectivity index (χ1) is 9.50. The zero-order chi connectivity index (χ0) is 14.7. The second-order valence-electron chi connectivity index (χ2n) is 4.58. The zero-order valence-corrected chi connectivity index (χ0v) is 11.0. The molecule has 0 saturated carbocycles. The number of nitrogens with zero attached hydrogens (tertiary/aromatic N) is 3. The average Bonchev–Trinajstić information content (AvgIpc) is 2.46. The predicted molar refractivity (Wildman–Crippen MR) is 70.1 cm³/mol. The zero-order valence-electron chi connectivity index (χ0n) is 11.0. The molecule has 0 unspecified atom stereocenters. The van der Waals surface area contributed by atoms with Crippen LogP contribution in [-0.4, -0.2) is 47.3 Å². The third-order valence-electron chi connectivity index (χ3n) is 3.37. The van der Waals surface area contributed by atoms with Crippen LogP contribution in [0.5, 0.6) is 0 Å². The molecule has 1 aliphatic heterocycles. The number of nitro groups is 1. The summed E-state index contributed by atoms with van der Waals surface area (Å²) in [6.07, 6.45) is 2.63. The van der Waals surface area contributed by atoms with E-state index in [4.69, 9.17) is 4.74 Å². The lowest BCUT2D eigenvalue weighted by Gasteiger charge is -2.32. The van der Waals surface area contributed by atoms with Crippen molar-refractivity contribution in [2.45, 2.75) is 18.9 Å². The second-order valence-corrected chi connectivity index (χ2v) is 4.58. The Hall–Kier alpha value is -2.22. The summed E-state index contributed by atoms with van der Waals surface area (Å²) in [5, 5.41) is 19.9. The van der Waals surface area contributed by atoms with E-state index in [-0.39, 0.29) is 23.1 Å². The van der Waals surface area contributed by atoms with Gasteiger partial charge in [-0.15, -0.1) is 0 Å². The predicted octanol–water partition coefficient (Wildman–Crippen LogP) is 1.30. The Morgan fingerprint density at radius 3 is 2.75 bits per heavy atom. The highest BCUT2D eigenvalue weighted by Crippen LogP contribution is 2.25. The van der Waals surface area contributed by atoms with Gasteiger partial charge in [-0.05, 0) is 12.8 Å².